The van der Waals surface area contributed by atoms with Crippen molar-refractivity contribution in [2.75, 3.05) is 7.05 Å². The van der Waals surface area contributed by atoms with Gasteiger partial charge in [-0.2, -0.15) is 0 Å². The summed E-state index contributed by atoms with van der Waals surface area (Å²) in [5.74, 6) is 0. The first-order valence-corrected chi connectivity index (χ1v) is 5.54. The van der Waals surface area contributed by atoms with E-state index in [1.807, 2.05) is 37.4 Å². The van der Waals surface area contributed by atoms with Crippen LogP contribution in [-0.4, -0.2) is 16.6 Å². The largest absolute Gasteiger partial charge is 0.312 e. The van der Waals surface area contributed by atoms with E-state index in [0.717, 1.165) is 5.56 Å². The molecule has 1 N–H and O–H groups in total. The maximum absolute atomic E-state index is 11.6. The van der Waals surface area contributed by atoms with Gasteiger partial charge < -0.3 is 5.32 Å². The highest BCUT2D eigenvalue weighted by Crippen LogP contribution is 2.12. The third-order valence-corrected chi connectivity index (χ3v) is 2.72. The lowest BCUT2D eigenvalue weighted by Crippen LogP contribution is -2.28. The molecule has 0 aliphatic heterocycles. The summed E-state index contributed by atoms with van der Waals surface area (Å²) in [4.78, 5) is 15.6. The summed E-state index contributed by atoms with van der Waals surface area (Å²) in [7, 11) is 1.89. The fourth-order valence-corrected chi connectivity index (χ4v) is 1.76. The Labute approximate surface area is 99.9 Å². The molecule has 0 saturated heterocycles. The molecule has 0 amide bonds. The maximum Gasteiger partial charge on any atom is 0.253 e. The SMILES string of the molecule is CNC(Cn1cnccc1=O)c1ccccc1. The summed E-state index contributed by atoms with van der Waals surface area (Å²) in [6.45, 7) is 0.577. The van der Waals surface area contributed by atoms with Crippen molar-refractivity contribution in [1.82, 2.24) is 14.9 Å². The molecular weight excluding hydrogens is 214 g/mol. The van der Waals surface area contributed by atoms with E-state index in [2.05, 4.69) is 10.3 Å². The Kier molecular flexibility index (Phi) is 3.67. The second kappa shape index (κ2) is 5.41. The van der Waals surface area contributed by atoms with Gasteiger partial charge in [-0.15, -0.1) is 0 Å². The maximum atomic E-state index is 11.6. The van der Waals surface area contributed by atoms with E-state index in [1.54, 1.807) is 10.9 Å². The molecule has 0 fully saturated rings. The van der Waals surface area contributed by atoms with E-state index in [4.69, 9.17) is 0 Å². The van der Waals surface area contributed by atoms with Crippen LogP contribution in [0.5, 0.6) is 0 Å². The highest BCUT2D eigenvalue weighted by molar-refractivity contribution is 5.18. The van der Waals surface area contributed by atoms with Crippen molar-refractivity contribution in [3.8, 4) is 0 Å². The smallest absolute Gasteiger partial charge is 0.253 e. The molecule has 0 spiro atoms. The molecule has 1 unspecified atom stereocenters. The molecule has 2 aromatic rings. The molecule has 1 heterocycles. The first kappa shape index (κ1) is 11.5. The van der Waals surface area contributed by atoms with Crippen molar-refractivity contribution in [2.45, 2.75) is 12.6 Å². The number of aromatic nitrogens is 2. The number of rotatable bonds is 4. The highest BCUT2D eigenvalue weighted by Gasteiger charge is 2.09. The normalized spacial score (nSPS) is 12.3. The molecule has 0 aliphatic carbocycles. The molecule has 0 saturated carbocycles. The minimum absolute atomic E-state index is 0.0313. The van der Waals surface area contributed by atoms with Crippen molar-refractivity contribution in [1.29, 1.82) is 0 Å². The van der Waals surface area contributed by atoms with Gasteiger partial charge in [0, 0.05) is 18.8 Å². The Morgan fingerprint density at radius 1 is 1.29 bits per heavy atom. The van der Waals surface area contributed by atoms with Crippen molar-refractivity contribution in [2.24, 2.45) is 0 Å². The zero-order chi connectivity index (χ0) is 12.1. The van der Waals surface area contributed by atoms with Crippen LogP contribution in [0.3, 0.4) is 0 Å². The summed E-state index contributed by atoms with van der Waals surface area (Å²) in [5, 5.41) is 3.21. The lowest BCUT2D eigenvalue weighted by Gasteiger charge is -2.17. The van der Waals surface area contributed by atoms with Crippen LogP contribution in [0.4, 0.5) is 0 Å². The predicted octanol–water partition coefficient (Wildman–Crippen LogP) is 1.20. The summed E-state index contributed by atoms with van der Waals surface area (Å²) < 4.78 is 1.61. The van der Waals surface area contributed by atoms with E-state index in [0.29, 0.717) is 6.54 Å². The second-order valence-corrected chi connectivity index (χ2v) is 3.82. The van der Waals surface area contributed by atoms with Gasteiger partial charge in [0.1, 0.15) is 0 Å². The van der Waals surface area contributed by atoms with E-state index >= 15 is 0 Å². The Balaban J connectivity index is 2.22. The number of likely N-dealkylation sites (N-methyl/N-ethyl adjacent to an activating group) is 1. The highest BCUT2D eigenvalue weighted by atomic mass is 16.1. The van der Waals surface area contributed by atoms with Crippen LogP contribution in [0.25, 0.3) is 0 Å². The minimum atomic E-state index is -0.0313. The van der Waals surface area contributed by atoms with Crippen molar-refractivity contribution in [3.63, 3.8) is 0 Å². The molecule has 1 aromatic heterocycles. The molecular formula is C13H15N3O. The van der Waals surface area contributed by atoms with Crippen LogP contribution in [0.1, 0.15) is 11.6 Å². The summed E-state index contributed by atoms with van der Waals surface area (Å²) in [6.07, 6.45) is 3.07. The van der Waals surface area contributed by atoms with Gasteiger partial charge in [0.25, 0.3) is 5.56 Å². The fraction of sp³-hybridized carbons (Fsp3) is 0.231. The second-order valence-electron chi connectivity index (χ2n) is 3.82. The average molecular weight is 229 g/mol. The summed E-state index contributed by atoms with van der Waals surface area (Å²) in [6, 6.07) is 11.6. The molecule has 0 bridgehead atoms. The summed E-state index contributed by atoms with van der Waals surface area (Å²) in [5.41, 5.74) is 1.13. The van der Waals surface area contributed by atoms with Gasteiger partial charge in [0.15, 0.2) is 0 Å². The number of nitrogens with one attached hydrogen (secondary N) is 1. The Morgan fingerprint density at radius 2 is 2.06 bits per heavy atom. The Hall–Kier alpha value is -1.94. The van der Waals surface area contributed by atoms with Crippen LogP contribution < -0.4 is 10.9 Å². The Bertz CT molecular complexity index is 521. The zero-order valence-corrected chi connectivity index (χ0v) is 9.71. The van der Waals surface area contributed by atoms with E-state index in [-0.39, 0.29) is 11.6 Å². The first-order chi connectivity index (χ1) is 8.31. The molecule has 17 heavy (non-hydrogen) atoms. The standard InChI is InChI=1S/C13H15N3O/c1-14-12(11-5-3-2-4-6-11)9-16-10-15-8-7-13(16)17/h2-8,10,12,14H,9H2,1H3. The molecule has 88 valence electrons. The lowest BCUT2D eigenvalue weighted by molar-refractivity contribution is 0.486. The van der Waals surface area contributed by atoms with E-state index < -0.39 is 0 Å². The quantitative estimate of drug-likeness (QED) is 0.857. The Morgan fingerprint density at radius 3 is 2.71 bits per heavy atom. The van der Waals surface area contributed by atoms with Crippen molar-refractivity contribution >= 4 is 0 Å². The lowest BCUT2D eigenvalue weighted by atomic mass is 10.1. The molecule has 4 heteroatoms. The first-order valence-electron chi connectivity index (χ1n) is 5.54. The molecule has 4 nitrogen and oxygen atoms in total. The van der Waals surface area contributed by atoms with Crippen LogP contribution in [-0.2, 0) is 6.54 Å². The van der Waals surface area contributed by atoms with Gasteiger partial charge in [-0.3, -0.25) is 9.36 Å². The topological polar surface area (TPSA) is 46.9 Å². The van der Waals surface area contributed by atoms with E-state index in [9.17, 15) is 4.79 Å². The number of hydrogen-bond acceptors (Lipinski definition) is 3. The van der Waals surface area contributed by atoms with Crippen LogP contribution in [0.15, 0.2) is 53.7 Å². The molecule has 1 atom stereocenters. The van der Waals surface area contributed by atoms with E-state index in [1.165, 1.54) is 12.3 Å². The fourth-order valence-electron chi connectivity index (χ4n) is 1.76. The zero-order valence-electron chi connectivity index (χ0n) is 9.71. The molecule has 0 aliphatic rings. The minimum Gasteiger partial charge on any atom is -0.312 e. The van der Waals surface area contributed by atoms with Crippen LogP contribution in [0, 0.1) is 0 Å². The third kappa shape index (κ3) is 2.79. The predicted molar refractivity (Wildman–Crippen MR) is 66.7 cm³/mol. The summed E-state index contributed by atoms with van der Waals surface area (Å²) >= 11 is 0. The van der Waals surface area contributed by atoms with Gasteiger partial charge in [0.05, 0.1) is 12.4 Å². The van der Waals surface area contributed by atoms with Gasteiger partial charge in [0.2, 0.25) is 0 Å². The molecule has 1 aromatic carbocycles. The molecule has 0 radical (unpaired) electrons. The van der Waals surface area contributed by atoms with Gasteiger partial charge in [-0.05, 0) is 12.6 Å². The van der Waals surface area contributed by atoms with Crippen molar-refractivity contribution < 1.29 is 0 Å². The number of hydrogen-bond donors (Lipinski definition) is 1. The van der Waals surface area contributed by atoms with Crippen LogP contribution >= 0.6 is 0 Å². The van der Waals surface area contributed by atoms with Gasteiger partial charge >= 0.3 is 0 Å². The monoisotopic (exact) mass is 229 g/mol. The van der Waals surface area contributed by atoms with Crippen molar-refractivity contribution in [3.05, 3.63) is 64.8 Å². The average Bonchev–Trinajstić information content (AvgIpc) is 2.39. The van der Waals surface area contributed by atoms with Gasteiger partial charge in [-0.25, -0.2) is 4.98 Å². The van der Waals surface area contributed by atoms with Crippen LogP contribution in [0.2, 0.25) is 0 Å². The van der Waals surface area contributed by atoms with Gasteiger partial charge in [-0.1, -0.05) is 30.3 Å². The molecule has 2 rings (SSSR count). The number of benzene rings is 1. The number of nitrogens with zero attached hydrogens (tertiary/aromatic N) is 2. The third-order valence-electron chi connectivity index (χ3n) is 2.72.